The summed E-state index contributed by atoms with van der Waals surface area (Å²) in [6.45, 7) is 0.602. The fourth-order valence-corrected chi connectivity index (χ4v) is 3.69. The molecule has 2 aromatic heterocycles. The van der Waals surface area contributed by atoms with Crippen molar-refractivity contribution < 1.29 is 14.3 Å². The smallest absolute Gasteiger partial charge is 0.252 e. The number of hydrogen-bond acceptors (Lipinski definition) is 6. The highest BCUT2D eigenvalue weighted by molar-refractivity contribution is 6.06. The summed E-state index contributed by atoms with van der Waals surface area (Å²) in [4.78, 5) is 12.7. The van der Waals surface area contributed by atoms with E-state index in [1.54, 1.807) is 23.8 Å². The quantitative estimate of drug-likeness (QED) is 0.388. The van der Waals surface area contributed by atoms with Crippen LogP contribution in [-0.2, 0) is 0 Å². The molecule has 0 saturated carbocycles. The number of para-hydroxylation sites is 1. The lowest BCUT2D eigenvalue weighted by Crippen LogP contribution is -2.28. The Morgan fingerprint density at radius 2 is 1.76 bits per heavy atom. The predicted octanol–water partition coefficient (Wildman–Crippen LogP) is 3.76. The fourth-order valence-electron chi connectivity index (χ4n) is 3.69. The van der Waals surface area contributed by atoms with Crippen LogP contribution in [-0.4, -0.2) is 46.0 Å². The normalized spacial score (nSPS) is 10.9. The average molecular weight is 439 g/mol. The minimum absolute atomic E-state index is 0.143. The van der Waals surface area contributed by atoms with Gasteiger partial charge in [-0.3, -0.25) is 4.79 Å². The number of carbonyl (C=O) groups is 1. The first-order chi connectivity index (χ1) is 16.2. The minimum Gasteiger partial charge on any atom is -0.496 e. The maximum absolute atomic E-state index is 12.7. The standard InChI is InChI=1S/C25H21N5O3/c1-32-21-12-5-4-10-20(21)24-28-27-22-13-14-23(29-30(22)24)33-16-15-26-25(31)19-11-6-8-17-7-2-3-9-18(17)19/h2-14H,15-16H2,1H3,(H,26,31). The van der Waals surface area contributed by atoms with Crippen LogP contribution in [0.15, 0.2) is 78.9 Å². The molecule has 0 aliphatic rings. The zero-order valence-corrected chi connectivity index (χ0v) is 17.9. The van der Waals surface area contributed by atoms with Gasteiger partial charge < -0.3 is 14.8 Å². The second-order valence-corrected chi connectivity index (χ2v) is 7.30. The zero-order valence-electron chi connectivity index (χ0n) is 17.9. The third-order valence-electron chi connectivity index (χ3n) is 5.26. The van der Waals surface area contributed by atoms with E-state index in [1.165, 1.54) is 0 Å². The van der Waals surface area contributed by atoms with Gasteiger partial charge in [-0.25, -0.2) is 0 Å². The molecule has 33 heavy (non-hydrogen) atoms. The fraction of sp³-hybridized carbons (Fsp3) is 0.120. The molecule has 0 aliphatic heterocycles. The molecule has 3 aromatic carbocycles. The summed E-state index contributed by atoms with van der Waals surface area (Å²) < 4.78 is 12.8. The Bertz CT molecular complexity index is 1440. The second kappa shape index (κ2) is 8.96. The molecule has 0 saturated heterocycles. The van der Waals surface area contributed by atoms with Crippen molar-refractivity contribution in [2.75, 3.05) is 20.3 Å². The van der Waals surface area contributed by atoms with Gasteiger partial charge in [0.05, 0.1) is 19.2 Å². The number of nitrogens with zero attached hydrogens (tertiary/aromatic N) is 4. The van der Waals surface area contributed by atoms with E-state index in [0.29, 0.717) is 35.2 Å². The van der Waals surface area contributed by atoms with Gasteiger partial charge in [0.15, 0.2) is 11.5 Å². The van der Waals surface area contributed by atoms with Gasteiger partial charge in [0.1, 0.15) is 12.4 Å². The van der Waals surface area contributed by atoms with Gasteiger partial charge >= 0.3 is 0 Å². The maximum Gasteiger partial charge on any atom is 0.252 e. The Morgan fingerprint density at radius 1 is 0.939 bits per heavy atom. The van der Waals surface area contributed by atoms with Crippen LogP contribution in [0.2, 0.25) is 0 Å². The third kappa shape index (κ3) is 4.06. The van der Waals surface area contributed by atoms with Crippen molar-refractivity contribution in [1.29, 1.82) is 0 Å². The molecule has 5 aromatic rings. The molecule has 0 fully saturated rings. The van der Waals surface area contributed by atoms with Crippen molar-refractivity contribution in [3.05, 3.63) is 84.4 Å². The molecule has 0 atom stereocenters. The third-order valence-corrected chi connectivity index (χ3v) is 5.26. The summed E-state index contributed by atoms with van der Waals surface area (Å²) in [5.74, 6) is 1.49. The maximum atomic E-state index is 12.7. The highest BCUT2D eigenvalue weighted by Gasteiger charge is 2.14. The first-order valence-corrected chi connectivity index (χ1v) is 10.5. The summed E-state index contributed by atoms with van der Waals surface area (Å²) in [7, 11) is 1.61. The van der Waals surface area contributed by atoms with Crippen LogP contribution in [0, 0.1) is 0 Å². The molecule has 1 N–H and O–H groups in total. The minimum atomic E-state index is -0.143. The van der Waals surface area contributed by atoms with Crippen molar-refractivity contribution in [3.8, 4) is 23.0 Å². The summed E-state index contributed by atoms with van der Waals surface area (Å²) in [6, 6.07) is 24.5. The number of carbonyl (C=O) groups excluding carboxylic acids is 1. The molecule has 2 heterocycles. The molecule has 1 amide bonds. The summed E-state index contributed by atoms with van der Waals surface area (Å²) >= 11 is 0. The Balaban J connectivity index is 1.27. The highest BCUT2D eigenvalue weighted by Crippen LogP contribution is 2.28. The Hall–Kier alpha value is -4.46. The Labute approximate surface area is 189 Å². The van der Waals surface area contributed by atoms with Gasteiger partial charge in [0.25, 0.3) is 5.91 Å². The number of aromatic nitrogens is 4. The molecule has 8 heteroatoms. The number of nitrogens with one attached hydrogen (secondary N) is 1. The van der Waals surface area contributed by atoms with E-state index in [4.69, 9.17) is 9.47 Å². The Kier molecular flexibility index (Phi) is 5.55. The van der Waals surface area contributed by atoms with Crippen molar-refractivity contribution in [2.45, 2.75) is 0 Å². The largest absolute Gasteiger partial charge is 0.496 e. The molecule has 0 unspecified atom stereocenters. The van der Waals surface area contributed by atoms with Crippen molar-refractivity contribution >= 4 is 22.3 Å². The molecule has 8 nitrogen and oxygen atoms in total. The number of ether oxygens (including phenoxy) is 2. The van der Waals surface area contributed by atoms with Crippen LogP contribution in [0.3, 0.4) is 0 Å². The number of hydrogen-bond donors (Lipinski definition) is 1. The zero-order chi connectivity index (χ0) is 22.6. The number of amides is 1. The van der Waals surface area contributed by atoms with E-state index in [1.807, 2.05) is 66.7 Å². The molecule has 0 aliphatic carbocycles. The molecule has 0 bridgehead atoms. The number of rotatable bonds is 7. The van der Waals surface area contributed by atoms with Crippen molar-refractivity contribution in [3.63, 3.8) is 0 Å². The van der Waals surface area contributed by atoms with Crippen molar-refractivity contribution in [1.82, 2.24) is 25.1 Å². The molecular formula is C25H21N5O3. The first-order valence-electron chi connectivity index (χ1n) is 10.5. The van der Waals surface area contributed by atoms with E-state index >= 15 is 0 Å². The molecule has 164 valence electrons. The summed E-state index contributed by atoms with van der Waals surface area (Å²) in [6.07, 6.45) is 0. The van der Waals surface area contributed by atoms with Crippen LogP contribution < -0.4 is 14.8 Å². The van der Waals surface area contributed by atoms with Gasteiger partial charge in [-0.1, -0.05) is 48.5 Å². The van der Waals surface area contributed by atoms with Gasteiger partial charge in [0.2, 0.25) is 5.88 Å². The molecule has 5 rings (SSSR count). The summed E-state index contributed by atoms with van der Waals surface area (Å²) in [5, 5.41) is 17.8. The van der Waals surface area contributed by atoms with Gasteiger partial charge in [-0.15, -0.1) is 15.3 Å². The second-order valence-electron chi connectivity index (χ2n) is 7.30. The number of fused-ring (bicyclic) bond motifs is 2. The van der Waals surface area contributed by atoms with Crippen LogP contribution >= 0.6 is 0 Å². The van der Waals surface area contributed by atoms with Gasteiger partial charge in [0, 0.05) is 11.6 Å². The van der Waals surface area contributed by atoms with Crippen LogP contribution in [0.1, 0.15) is 10.4 Å². The molecular weight excluding hydrogens is 418 g/mol. The Morgan fingerprint density at radius 3 is 2.67 bits per heavy atom. The van der Waals surface area contributed by atoms with E-state index in [2.05, 4.69) is 20.6 Å². The highest BCUT2D eigenvalue weighted by atomic mass is 16.5. The lowest BCUT2D eigenvalue weighted by Gasteiger charge is -2.10. The van der Waals surface area contributed by atoms with Gasteiger partial charge in [-0.2, -0.15) is 4.52 Å². The predicted molar refractivity (Wildman–Crippen MR) is 125 cm³/mol. The SMILES string of the molecule is COc1ccccc1-c1nnc2ccc(OCCNC(=O)c3cccc4ccccc34)nn12. The lowest BCUT2D eigenvalue weighted by molar-refractivity contribution is 0.0948. The monoisotopic (exact) mass is 439 g/mol. The topological polar surface area (TPSA) is 90.6 Å². The van der Waals surface area contributed by atoms with E-state index in [0.717, 1.165) is 16.3 Å². The van der Waals surface area contributed by atoms with E-state index in [-0.39, 0.29) is 12.5 Å². The van der Waals surface area contributed by atoms with Crippen molar-refractivity contribution in [2.24, 2.45) is 0 Å². The van der Waals surface area contributed by atoms with Gasteiger partial charge in [-0.05, 0) is 35.0 Å². The van der Waals surface area contributed by atoms with Crippen LogP contribution in [0.25, 0.3) is 27.8 Å². The molecule has 0 radical (unpaired) electrons. The van der Waals surface area contributed by atoms with E-state index < -0.39 is 0 Å². The van der Waals surface area contributed by atoms with E-state index in [9.17, 15) is 4.79 Å². The number of methoxy groups -OCH3 is 1. The molecule has 0 spiro atoms. The first kappa shape index (κ1) is 20.4. The number of benzene rings is 3. The van der Waals surface area contributed by atoms with Crippen LogP contribution in [0.5, 0.6) is 11.6 Å². The van der Waals surface area contributed by atoms with Crippen LogP contribution in [0.4, 0.5) is 0 Å². The summed E-state index contributed by atoms with van der Waals surface area (Å²) in [5.41, 5.74) is 2.01. The average Bonchev–Trinajstić information content (AvgIpc) is 3.29. The lowest BCUT2D eigenvalue weighted by atomic mass is 10.0.